The summed E-state index contributed by atoms with van der Waals surface area (Å²) in [6, 6.07) is 10.4. The van der Waals surface area contributed by atoms with E-state index >= 15 is 0 Å². The van der Waals surface area contributed by atoms with E-state index in [4.69, 9.17) is 9.05 Å². The van der Waals surface area contributed by atoms with Crippen LogP contribution in [0, 0.1) is 0 Å². The molecule has 0 aliphatic rings. The molecule has 0 fully saturated rings. The van der Waals surface area contributed by atoms with Gasteiger partial charge in [-0.05, 0) is 25.0 Å². The van der Waals surface area contributed by atoms with Crippen LogP contribution < -0.4 is 5.30 Å². The van der Waals surface area contributed by atoms with Crippen LogP contribution in [0.5, 0.6) is 0 Å². The highest BCUT2D eigenvalue weighted by atomic mass is 31.2. The smallest absolute Gasteiger partial charge is 0.205 e. The Kier molecular flexibility index (Phi) is 10.9. The monoisotopic (exact) mass is 296 g/mol. The summed E-state index contributed by atoms with van der Waals surface area (Å²) in [7, 11) is -0.892. The summed E-state index contributed by atoms with van der Waals surface area (Å²) in [4.78, 5) is 0. The third-order valence-electron chi connectivity index (χ3n) is 3.13. The zero-order chi connectivity index (χ0) is 14.5. The molecule has 1 rings (SSSR count). The summed E-state index contributed by atoms with van der Waals surface area (Å²) >= 11 is 0. The lowest BCUT2D eigenvalue weighted by atomic mass is 10.2. The van der Waals surface area contributed by atoms with Crippen molar-refractivity contribution in [2.24, 2.45) is 0 Å². The topological polar surface area (TPSA) is 18.5 Å². The van der Waals surface area contributed by atoms with Gasteiger partial charge in [0.15, 0.2) is 0 Å². The van der Waals surface area contributed by atoms with Gasteiger partial charge >= 0.3 is 0 Å². The highest BCUT2D eigenvalue weighted by molar-refractivity contribution is 7.56. The fourth-order valence-corrected chi connectivity index (χ4v) is 3.26. The van der Waals surface area contributed by atoms with Crippen molar-refractivity contribution in [2.75, 3.05) is 13.2 Å². The van der Waals surface area contributed by atoms with Crippen molar-refractivity contribution in [1.29, 1.82) is 0 Å². The van der Waals surface area contributed by atoms with E-state index in [0.29, 0.717) is 0 Å². The lowest BCUT2D eigenvalue weighted by molar-refractivity contribution is 0.248. The molecule has 3 heteroatoms. The average Bonchev–Trinajstić information content (AvgIpc) is 2.50. The van der Waals surface area contributed by atoms with Gasteiger partial charge in [0.05, 0.1) is 13.2 Å². The lowest BCUT2D eigenvalue weighted by Crippen LogP contribution is -2.07. The molecule has 2 nitrogen and oxygen atoms in total. The Hall–Kier alpha value is -0.430. The van der Waals surface area contributed by atoms with E-state index in [1.165, 1.54) is 31.0 Å². The minimum atomic E-state index is -0.892. The number of rotatable bonds is 12. The van der Waals surface area contributed by atoms with Gasteiger partial charge in [0.2, 0.25) is 8.38 Å². The average molecular weight is 296 g/mol. The van der Waals surface area contributed by atoms with Crippen molar-refractivity contribution < 1.29 is 9.05 Å². The molecule has 0 saturated carbocycles. The molecule has 114 valence electrons. The molecule has 0 aliphatic carbocycles. The minimum absolute atomic E-state index is 0.799. The molecule has 1 atom stereocenters. The summed E-state index contributed by atoms with van der Waals surface area (Å²) in [6.07, 6.45) is 8.61. The summed E-state index contributed by atoms with van der Waals surface area (Å²) in [5.41, 5.74) is 0. The zero-order valence-corrected chi connectivity index (χ0v) is 13.9. The molecule has 0 N–H and O–H groups in total. The molecule has 0 aromatic heterocycles. The van der Waals surface area contributed by atoms with E-state index in [0.717, 1.165) is 32.5 Å². The van der Waals surface area contributed by atoms with Crippen molar-refractivity contribution in [2.45, 2.75) is 58.8 Å². The Bertz CT molecular complexity index is 316. The van der Waals surface area contributed by atoms with Gasteiger partial charge in [-0.15, -0.1) is 0 Å². The molecule has 0 spiro atoms. The number of hydrogen-bond donors (Lipinski definition) is 0. The van der Waals surface area contributed by atoms with Gasteiger partial charge in [0.25, 0.3) is 0 Å². The van der Waals surface area contributed by atoms with E-state index in [-0.39, 0.29) is 0 Å². The Morgan fingerprint density at radius 2 is 1.35 bits per heavy atom. The fraction of sp³-hybridized carbons (Fsp3) is 0.647. The molecule has 0 heterocycles. The van der Waals surface area contributed by atoms with E-state index in [1.54, 1.807) is 0 Å². The van der Waals surface area contributed by atoms with Gasteiger partial charge < -0.3 is 9.05 Å². The van der Waals surface area contributed by atoms with Crippen LogP contribution in [0.1, 0.15) is 58.8 Å². The number of benzene rings is 1. The first kappa shape index (κ1) is 17.6. The molecule has 0 amide bonds. The molecule has 0 aliphatic heterocycles. The first-order chi connectivity index (χ1) is 9.88. The summed E-state index contributed by atoms with van der Waals surface area (Å²) in [5, 5.41) is 1.19. The molecule has 1 aromatic carbocycles. The highest BCUT2D eigenvalue weighted by Gasteiger charge is 2.12. The number of unbranched alkanes of at least 4 members (excludes halogenated alkanes) is 5. The fourth-order valence-electron chi connectivity index (χ4n) is 1.88. The molecular weight excluding hydrogens is 267 g/mol. The largest absolute Gasteiger partial charge is 0.331 e. The molecule has 1 unspecified atom stereocenters. The summed E-state index contributed by atoms with van der Waals surface area (Å²) in [6.45, 7) is 6.04. The van der Waals surface area contributed by atoms with Crippen molar-refractivity contribution in [3.8, 4) is 0 Å². The van der Waals surface area contributed by atoms with Crippen LogP contribution in [0.2, 0.25) is 0 Å². The normalized spacial score (nSPS) is 12.5. The van der Waals surface area contributed by atoms with Crippen LogP contribution in [0.15, 0.2) is 30.3 Å². The summed E-state index contributed by atoms with van der Waals surface area (Å²) < 4.78 is 11.9. The van der Waals surface area contributed by atoms with Crippen LogP contribution in [0.25, 0.3) is 0 Å². The van der Waals surface area contributed by atoms with Crippen LogP contribution in [-0.2, 0) is 9.05 Å². The van der Waals surface area contributed by atoms with E-state index in [1.807, 2.05) is 6.07 Å². The third-order valence-corrected chi connectivity index (χ3v) is 4.68. The molecule has 20 heavy (non-hydrogen) atoms. The van der Waals surface area contributed by atoms with Gasteiger partial charge in [-0.25, -0.2) is 0 Å². The summed E-state index contributed by atoms with van der Waals surface area (Å²) in [5.74, 6) is 0. The second-order valence-corrected chi connectivity index (χ2v) is 6.57. The second kappa shape index (κ2) is 12.3. The minimum Gasteiger partial charge on any atom is -0.331 e. The maximum Gasteiger partial charge on any atom is 0.205 e. The van der Waals surface area contributed by atoms with Crippen LogP contribution >= 0.6 is 8.38 Å². The molecule has 0 saturated heterocycles. The molecular formula is C17H29O2P. The second-order valence-electron chi connectivity index (χ2n) is 5.03. The van der Waals surface area contributed by atoms with Crippen molar-refractivity contribution in [1.82, 2.24) is 0 Å². The molecule has 1 aromatic rings. The van der Waals surface area contributed by atoms with E-state index in [9.17, 15) is 0 Å². The van der Waals surface area contributed by atoms with Gasteiger partial charge in [-0.3, -0.25) is 0 Å². The maximum absolute atomic E-state index is 6.00. The Labute approximate surface area is 125 Å². The van der Waals surface area contributed by atoms with Crippen molar-refractivity contribution >= 4 is 13.7 Å². The van der Waals surface area contributed by atoms with Gasteiger partial charge in [0.1, 0.15) is 0 Å². The van der Waals surface area contributed by atoms with Crippen LogP contribution in [0.3, 0.4) is 0 Å². The standard InChI is InChI=1S/C17H29O2P/c1-3-5-7-8-12-16-19-20(18-15-6-4-2)17-13-10-9-11-14-17/h9-11,13-14H,3-8,12,15-16H2,1-2H3. The van der Waals surface area contributed by atoms with Crippen molar-refractivity contribution in [3.05, 3.63) is 30.3 Å². The quantitative estimate of drug-likeness (QED) is 0.378. The van der Waals surface area contributed by atoms with Gasteiger partial charge in [-0.2, -0.15) is 0 Å². The first-order valence-corrected chi connectivity index (χ1v) is 9.17. The predicted molar refractivity (Wildman–Crippen MR) is 88.6 cm³/mol. The lowest BCUT2D eigenvalue weighted by Gasteiger charge is -2.17. The Balaban J connectivity index is 2.31. The first-order valence-electron chi connectivity index (χ1n) is 7.99. The van der Waals surface area contributed by atoms with E-state index in [2.05, 4.69) is 38.1 Å². The van der Waals surface area contributed by atoms with Crippen molar-refractivity contribution in [3.63, 3.8) is 0 Å². The van der Waals surface area contributed by atoms with E-state index < -0.39 is 8.38 Å². The highest BCUT2D eigenvalue weighted by Crippen LogP contribution is 2.37. The number of hydrogen-bond acceptors (Lipinski definition) is 2. The maximum atomic E-state index is 6.00. The SMILES string of the molecule is CCCCCCCOP(OCCCC)c1ccccc1. The van der Waals surface area contributed by atoms with Crippen LogP contribution in [-0.4, -0.2) is 13.2 Å². The predicted octanol–water partition coefficient (Wildman–Crippen LogP) is 5.43. The van der Waals surface area contributed by atoms with Gasteiger partial charge in [-0.1, -0.05) is 64.2 Å². The third kappa shape index (κ3) is 7.99. The molecule has 0 radical (unpaired) electrons. The zero-order valence-electron chi connectivity index (χ0n) is 13.0. The molecule has 0 bridgehead atoms. The Morgan fingerprint density at radius 1 is 0.750 bits per heavy atom. The van der Waals surface area contributed by atoms with Gasteiger partial charge in [0, 0.05) is 5.30 Å². The van der Waals surface area contributed by atoms with Crippen LogP contribution in [0.4, 0.5) is 0 Å². The Morgan fingerprint density at radius 3 is 2.00 bits per heavy atom.